The summed E-state index contributed by atoms with van der Waals surface area (Å²) in [6.07, 6.45) is 5.33. The minimum atomic E-state index is 0.0558. The molecular formula is C27H27N9O. The highest BCUT2D eigenvalue weighted by atomic mass is 16.2. The zero-order chi connectivity index (χ0) is 24.9. The summed E-state index contributed by atoms with van der Waals surface area (Å²) in [7, 11) is 2.16. The van der Waals surface area contributed by atoms with Crippen molar-refractivity contribution >= 4 is 39.3 Å². The number of nitrogens with one attached hydrogen (secondary N) is 3. The lowest BCUT2D eigenvalue weighted by Crippen LogP contribution is -2.44. The highest BCUT2D eigenvalue weighted by molar-refractivity contribution is 5.96. The molecule has 1 saturated heterocycles. The van der Waals surface area contributed by atoms with Gasteiger partial charge >= 0.3 is 0 Å². The number of para-hydroxylation sites is 1. The number of H-pyrrole nitrogens is 2. The van der Waals surface area contributed by atoms with Gasteiger partial charge in [0.15, 0.2) is 11.5 Å². The molecule has 0 radical (unpaired) electrons. The van der Waals surface area contributed by atoms with Gasteiger partial charge in [-0.15, -0.1) is 0 Å². The van der Waals surface area contributed by atoms with E-state index in [-0.39, 0.29) is 11.8 Å². The molecule has 0 atom stereocenters. The molecule has 1 aromatic carbocycles. The first-order valence-corrected chi connectivity index (χ1v) is 12.7. The Bertz CT molecular complexity index is 1630. The molecule has 37 heavy (non-hydrogen) atoms. The Morgan fingerprint density at radius 1 is 1.00 bits per heavy atom. The molecule has 10 nitrogen and oxygen atoms in total. The van der Waals surface area contributed by atoms with Crippen molar-refractivity contribution in [3.8, 4) is 22.8 Å². The summed E-state index contributed by atoms with van der Waals surface area (Å²) >= 11 is 0. The lowest BCUT2D eigenvalue weighted by atomic mass is 10.1. The summed E-state index contributed by atoms with van der Waals surface area (Å²) in [5.41, 5.74) is 7.53. The Morgan fingerprint density at radius 3 is 2.70 bits per heavy atom. The average molecular weight is 494 g/mol. The van der Waals surface area contributed by atoms with E-state index in [1.165, 1.54) is 0 Å². The largest absolute Gasteiger partial charge is 0.367 e. The number of imidazole rings is 1. The third kappa shape index (κ3) is 4.09. The quantitative estimate of drug-likeness (QED) is 0.342. The molecule has 10 heteroatoms. The summed E-state index contributed by atoms with van der Waals surface area (Å²) < 4.78 is 0. The Morgan fingerprint density at radius 2 is 1.86 bits per heavy atom. The van der Waals surface area contributed by atoms with Crippen LogP contribution in [0.3, 0.4) is 0 Å². The number of aromatic nitrogens is 6. The van der Waals surface area contributed by atoms with Crippen LogP contribution in [0.2, 0.25) is 0 Å². The molecule has 1 aliphatic heterocycles. The number of rotatable bonds is 5. The first-order valence-electron chi connectivity index (χ1n) is 12.7. The monoisotopic (exact) mass is 493 g/mol. The van der Waals surface area contributed by atoms with Gasteiger partial charge in [0.05, 0.1) is 34.3 Å². The Kier molecular flexibility index (Phi) is 5.14. The van der Waals surface area contributed by atoms with Gasteiger partial charge in [-0.1, -0.05) is 6.07 Å². The normalized spacial score (nSPS) is 16.5. The van der Waals surface area contributed by atoms with E-state index < -0.39 is 0 Å². The van der Waals surface area contributed by atoms with Crippen molar-refractivity contribution in [1.82, 2.24) is 35.0 Å². The molecule has 1 amide bonds. The summed E-state index contributed by atoms with van der Waals surface area (Å²) in [5, 5.41) is 10.6. The lowest BCUT2D eigenvalue weighted by Gasteiger charge is -2.34. The van der Waals surface area contributed by atoms with Crippen LogP contribution >= 0.6 is 0 Å². The van der Waals surface area contributed by atoms with Gasteiger partial charge in [0.25, 0.3) is 0 Å². The van der Waals surface area contributed by atoms with Gasteiger partial charge in [0.2, 0.25) is 5.91 Å². The third-order valence-corrected chi connectivity index (χ3v) is 7.22. The van der Waals surface area contributed by atoms with E-state index in [4.69, 9.17) is 9.97 Å². The number of fused-ring (bicyclic) bond motifs is 2. The van der Waals surface area contributed by atoms with E-state index in [2.05, 4.69) is 54.5 Å². The summed E-state index contributed by atoms with van der Waals surface area (Å²) in [4.78, 5) is 34.6. The Labute approximate surface area is 213 Å². The standard InChI is InChI=1S/C27H27N9O/c1-35-9-11-36(12-10-35)22-4-2-3-20-23(22)32-26(31-20)25-24-21(33-34-25)8-7-19(30-24)17-13-18(15-28-14-17)29-27(37)16-5-6-16/h2-4,7-8,13-16H,5-6,9-12H2,1H3,(H,29,37)(H,31,32)(H,33,34). The van der Waals surface area contributed by atoms with Crippen LogP contribution in [0.5, 0.6) is 0 Å². The lowest BCUT2D eigenvalue weighted by molar-refractivity contribution is -0.117. The van der Waals surface area contributed by atoms with Gasteiger partial charge in [-0.25, -0.2) is 9.97 Å². The second kappa shape index (κ2) is 8.67. The predicted octanol–water partition coefficient (Wildman–Crippen LogP) is 3.66. The molecule has 186 valence electrons. The first kappa shape index (κ1) is 21.9. The molecular weight excluding hydrogens is 466 g/mol. The number of hydrogen-bond acceptors (Lipinski definition) is 7. The van der Waals surface area contributed by atoms with Crippen LogP contribution in [-0.2, 0) is 4.79 Å². The van der Waals surface area contributed by atoms with Gasteiger partial charge in [-0.2, -0.15) is 5.10 Å². The molecule has 5 heterocycles. The summed E-state index contributed by atoms with van der Waals surface area (Å²) in [5.74, 6) is 0.864. The van der Waals surface area contributed by atoms with E-state index in [1.54, 1.807) is 12.4 Å². The van der Waals surface area contributed by atoms with Crippen molar-refractivity contribution in [2.45, 2.75) is 12.8 Å². The fourth-order valence-electron chi connectivity index (χ4n) is 4.89. The number of amides is 1. The molecule has 2 aliphatic rings. The van der Waals surface area contributed by atoms with Crippen molar-refractivity contribution in [2.24, 2.45) is 5.92 Å². The van der Waals surface area contributed by atoms with Gasteiger partial charge in [-0.05, 0) is 50.2 Å². The van der Waals surface area contributed by atoms with Gasteiger partial charge in [0.1, 0.15) is 11.0 Å². The number of aromatic amines is 2. The SMILES string of the molecule is CN1CCN(c2cccc3[nH]c(-c4n[nH]c5ccc(-c6cncc(NC(=O)C7CC7)c6)nc45)nc23)CC1. The molecule has 4 aromatic heterocycles. The van der Waals surface area contributed by atoms with Gasteiger partial charge in [-0.3, -0.25) is 14.9 Å². The topological polar surface area (TPSA) is 119 Å². The number of piperazine rings is 1. The van der Waals surface area contributed by atoms with Crippen molar-refractivity contribution in [2.75, 3.05) is 43.4 Å². The van der Waals surface area contributed by atoms with Crippen LogP contribution in [-0.4, -0.2) is 74.2 Å². The molecule has 0 spiro atoms. The predicted molar refractivity (Wildman–Crippen MR) is 143 cm³/mol. The van der Waals surface area contributed by atoms with Crippen molar-refractivity contribution in [1.29, 1.82) is 0 Å². The van der Waals surface area contributed by atoms with Crippen molar-refractivity contribution in [3.05, 3.63) is 48.8 Å². The number of nitrogens with zero attached hydrogens (tertiary/aromatic N) is 6. The maximum Gasteiger partial charge on any atom is 0.227 e. The number of carbonyl (C=O) groups is 1. The number of hydrogen-bond donors (Lipinski definition) is 3. The second-order valence-electron chi connectivity index (χ2n) is 9.94. The fourth-order valence-corrected chi connectivity index (χ4v) is 4.89. The number of carbonyl (C=O) groups excluding carboxylic acids is 1. The minimum absolute atomic E-state index is 0.0558. The molecule has 1 saturated carbocycles. The molecule has 7 rings (SSSR count). The van der Waals surface area contributed by atoms with Crippen LogP contribution in [0, 0.1) is 5.92 Å². The molecule has 2 fully saturated rings. The van der Waals surface area contributed by atoms with Crippen LogP contribution in [0.1, 0.15) is 12.8 Å². The number of pyridine rings is 2. The van der Waals surface area contributed by atoms with Gasteiger partial charge < -0.3 is 20.1 Å². The fraction of sp³-hybridized carbons (Fsp3) is 0.296. The molecule has 0 unspecified atom stereocenters. The molecule has 3 N–H and O–H groups in total. The van der Waals surface area contributed by atoms with E-state index in [9.17, 15) is 4.79 Å². The molecule has 5 aromatic rings. The van der Waals surface area contributed by atoms with E-state index >= 15 is 0 Å². The van der Waals surface area contributed by atoms with Crippen LogP contribution in [0.25, 0.3) is 44.8 Å². The number of likely N-dealkylation sites (N-methyl/N-ethyl adjacent to an activating group) is 1. The van der Waals surface area contributed by atoms with Crippen molar-refractivity contribution < 1.29 is 4.79 Å². The zero-order valence-electron chi connectivity index (χ0n) is 20.5. The number of benzene rings is 1. The highest BCUT2D eigenvalue weighted by Gasteiger charge is 2.29. The van der Waals surface area contributed by atoms with Crippen LogP contribution < -0.4 is 10.2 Å². The zero-order valence-corrected chi connectivity index (χ0v) is 20.5. The summed E-state index contributed by atoms with van der Waals surface area (Å²) in [6, 6.07) is 12.1. The van der Waals surface area contributed by atoms with Crippen LogP contribution in [0.4, 0.5) is 11.4 Å². The smallest absolute Gasteiger partial charge is 0.227 e. The van der Waals surface area contributed by atoms with E-state index in [0.717, 1.165) is 78.0 Å². The molecule has 1 aliphatic carbocycles. The number of anilines is 2. The maximum atomic E-state index is 12.2. The molecule has 0 bridgehead atoms. The summed E-state index contributed by atoms with van der Waals surface area (Å²) in [6.45, 7) is 4.01. The maximum absolute atomic E-state index is 12.2. The minimum Gasteiger partial charge on any atom is -0.367 e. The first-order chi connectivity index (χ1) is 18.1. The Hall–Kier alpha value is -4.31. The third-order valence-electron chi connectivity index (χ3n) is 7.22. The van der Waals surface area contributed by atoms with Crippen molar-refractivity contribution in [3.63, 3.8) is 0 Å². The van der Waals surface area contributed by atoms with Gasteiger partial charge in [0, 0.05) is 43.9 Å². The highest BCUT2D eigenvalue weighted by Crippen LogP contribution is 2.33. The second-order valence-corrected chi connectivity index (χ2v) is 9.94. The van der Waals surface area contributed by atoms with E-state index in [0.29, 0.717) is 17.2 Å². The Balaban J connectivity index is 1.24. The average Bonchev–Trinajstić information content (AvgIpc) is 3.55. The van der Waals surface area contributed by atoms with E-state index in [1.807, 2.05) is 24.3 Å². The van der Waals surface area contributed by atoms with Crippen LogP contribution in [0.15, 0.2) is 48.8 Å².